The Balaban J connectivity index is 1.03. The van der Waals surface area contributed by atoms with Gasteiger partial charge in [-0.25, -0.2) is 14.8 Å². The molecule has 0 spiro atoms. The van der Waals surface area contributed by atoms with E-state index in [9.17, 15) is 9.59 Å². The molecule has 10 nitrogen and oxygen atoms in total. The fourth-order valence-electron chi connectivity index (χ4n) is 7.91. The normalized spacial score (nSPS) is 24.8. The maximum absolute atomic E-state index is 14.4. The lowest BCUT2D eigenvalue weighted by Crippen LogP contribution is -2.48. The number of likely N-dealkylation sites (N-methyl/N-ethyl adjacent to an activating group) is 1. The number of amides is 2. The van der Waals surface area contributed by atoms with E-state index in [1.165, 1.54) is 11.1 Å². The minimum atomic E-state index is -0.219. The van der Waals surface area contributed by atoms with Crippen molar-refractivity contribution in [2.75, 3.05) is 51.8 Å². The number of nitrogens with zero attached hydrogens (tertiary/aromatic N) is 5. The van der Waals surface area contributed by atoms with E-state index in [1.807, 2.05) is 21.9 Å². The van der Waals surface area contributed by atoms with Crippen molar-refractivity contribution in [2.45, 2.75) is 89.1 Å². The van der Waals surface area contributed by atoms with Crippen LogP contribution in [0.2, 0.25) is 0 Å². The second-order valence-electron chi connectivity index (χ2n) is 14.8. The van der Waals surface area contributed by atoms with Crippen LogP contribution in [0, 0.1) is 18.8 Å². The van der Waals surface area contributed by atoms with Crippen LogP contribution >= 0.6 is 0 Å². The molecule has 7 rings (SSSR count). The summed E-state index contributed by atoms with van der Waals surface area (Å²) < 4.78 is 17.2. The molecule has 2 amide bonds. The van der Waals surface area contributed by atoms with E-state index >= 15 is 0 Å². The summed E-state index contributed by atoms with van der Waals surface area (Å²) >= 11 is 0. The molecule has 262 valence electrons. The summed E-state index contributed by atoms with van der Waals surface area (Å²) in [6.45, 7) is 5.87. The van der Waals surface area contributed by atoms with E-state index in [-0.39, 0.29) is 24.0 Å². The molecular formula is C39H51N5O5. The number of hydrogen-bond acceptors (Lipinski definition) is 8. The molecule has 49 heavy (non-hydrogen) atoms. The van der Waals surface area contributed by atoms with Crippen LogP contribution in [0.5, 0.6) is 5.75 Å². The smallest absolute Gasteiger partial charge is 0.410 e. The summed E-state index contributed by atoms with van der Waals surface area (Å²) in [5.74, 6) is 3.74. The van der Waals surface area contributed by atoms with E-state index < -0.39 is 0 Å². The fourth-order valence-corrected chi connectivity index (χ4v) is 7.91. The van der Waals surface area contributed by atoms with Crippen molar-refractivity contribution in [1.82, 2.24) is 19.8 Å². The number of rotatable bonds is 9. The number of aryl methyl sites for hydroxylation is 1. The lowest BCUT2D eigenvalue weighted by Gasteiger charge is -2.36. The highest BCUT2D eigenvalue weighted by atomic mass is 16.6. The number of carbonyl (C=O) groups is 2. The number of anilines is 1. The molecule has 0 bridgehead atoms. The lowest BCUT2D eigenvalue weighted by atomic mass is 9.78. The van der Waals surface area contributed by atoms with E-state index in [2.05, 4.69) is 37.1 Å². The Morgan fingerprint density at radius 2 is 1.65 bits per heavy atom. The average molecular weight is 670 g/mol. The number of ether oxygens (including phenoxy) is 2. The molecule has 1 saturated heterocycles. The summed E-state index contributed by atoms with van der Waals surface area (Å²) in [7, 11) is 3.79. The topological polar surface area (TPSA) is 101 Å². The molecule has 3 saturated carbocycles. The number of benzene rings is 1. The van der Waals surface area contributed by atoms with Crippen molar-refractivity contribution < 1.29 is 23.5 Å². The molecule has 10 heteroatoms. The summed E-state index contributed by atoms with van der Waals surface area (Å²) in [6, 6.07) is 10.5. The highest BCUT2D eigenvalue weighted by Crippen LogP contribution is 2.41. The molecular weight excluding hydrogens is 618 g/mol. The first-order valence-electron chi connectivity index (χ1n) is 18.4. The number of hydrogen-bond donors (Lipinski definition) is 0. The van der Waals surface area contributed by atoms with Crippen LogP contribution in [-0.2, 0) is 9.53 Å². The average Bonchev–Trinajstić information content (AvgIpc) is 3.86. The summed E-state index contributed by atoms with van der Waals surface area (Å²) in [5, 5.41) is 0. The Hall–Kier alpha value is -3.92. The van der Waals surface area contributed by atoms with Crippen LogP contribution in [0.1, 0.15) is 93.1 Å². The van der Waals surface area contributed by atoms with Crippen LogP contribution in [0.15, 0.2) is 47.2 Å². The zero-order valence-electron chi connectivity index (χ0n) is 29.3. The van der Waals surface area contributed by atoms with Crippen molar-refractivity contribution in [2.24, 2.45) is 11.8 Å². The number of pyridine rings is 1. The van der Waals surface area contributed by atoms with Crippen LogP contribution in [0.3, 0.4) is 0 Å². The maximum atomic E-state index is 14.4. The van der Waals surface area contributed by atoms with Crippen molar-refractivity contribution >= 4 is 17.8 Å². The molecule has 0 N–H and O–H groups in total. The Kier molecular flexibility index (Phi) is 10.2. The highest BCUT2D eigenvalue weighted by Gasteiger charge is 2.35. The van der Waals surface area contributed by atoms with E-state index in [4.69, 9.17) is 23.9 Å². The first-order valence-corrected chi connectivity index (χ1v) is 18.4. The molecule has 1 aliphatic heterocycles. The highest BCUT2D eigenvalue weighted by molar-refractivity contribution is 5.94. The molecule has 0 atom stereocenters. The first-order chi connectivity index (χ1) is 23.8. The van der Waals surface area contributed by atoms with Crippen LogP contribution in [0.4, 0.5) is 10.6 Å². The lowest BCUT2D eigenvalue weighted by molar-refractivity contribution is -0.124. The van der Waals surface area contributed by atoms with Gasteiger partial charge in [-0.15, -0.1) is 0 Å². The fraction of sp³-hybridized carbons (Fsp3) is 0.590. The molecule has 0 radical (unpaired) electrons. The van der Waals surface area contributed by atoms with Crippen molar-refractivity contribution in [1.29, 1.82) is 0 Å². The van der Waals surface area contributed by atoms with Gasteiger partial charge in [0.2, 0.25) is 5.91 Å². The van der Waals surface area contributed by atoms with Gasteiger partial charge in [0.15, 0.2) is 5.89 Å². The second kappa shape index (κ2) is 14.9. The first kappa shape index (κ1) is 33.6. The quantitative estimate of drug-likeness (QED) is 0.236. The van der Waals surface area contributed by atoms with Crippen molar-refractivity contribution in [3.8, 4) is 17.0 Å². The van der Waals surface area contributed by atoms with E-state index in [0.29, 0.717) is 68.9 Å². The number of aromatic nitrogens is 2. The van der Waals surface area contributed by atoms with Gasteiger partial charge < -0.3 is 23.7 Å². The minimum absolute atomic E-state index is 0.125. The Labute approximate surface area is 290 Å². The molecule has 3 aromatic rings. The Morgan fingerprint density at radius 3 is 2.35 bits per heavy atom. The van der Waals surface area contributed by atoms with Gasteiger partial charge in [0.1, 0.15) is 29.6 Å². The van der Waals surface area contributed by atoms with Gasteiger partial charge in [-0.1, -0.05) is 12.1 Å². The maximum Gasteiger partial charge on any atom is 0.410 e. The summed E-state index contributed by atoms with van der Waals surface area (Å²) in [5.41, 5.74) is 4.25. The molecule has 2 aromatic heterocycles. The third-order valence-electron chi connectivity index (χ3n) is 11.3. The van der Waals surface area contributed by atoms with Gasteiger partial charge in [-0.05, 0) is 119 Å². The molecule has 3 heterocycles. The van der Waals surface area contributed by atoms with Gasteiger partial charge in [0.25, 0.3) is 0 Å². The van der Waals surface area contributed by atoms with Gasteiger partial charge in [0.05, 0.1) is 7.11 Å². The van der Waals surface area contributed by atoms with Gasteiger partial charge in [-0.3, -0.25) is 9.69 Å². The minimum Gasteiger partial charge on any atom is -0.496 e. The second-order valence-corrected chi connectivity index (χ2v) is 14.8. The molecule has 4 fully saturated rings. The molecule has 3 aliphatic carbocycles. The van der Waals surface area contributed by atoms with Crippen LogP contribution in [-0.4, -0.2) is 84.8 Å². The zero-order chi connectivity index (χ0) is 33.9. The van der Waals surface area contributed by atoms with Crippen LogP contribution < -0.4 is 9.64 Å². The number of piperazine rings is 1. The summed E-state index contributed by atoms with van der Waals surface area (Å²) in [6.07, 6.45) is 12.5. The Morgan fingerprint density at radius 1 is 0.918 bits per heavy atom. The SMILES string of the molecule is COc1ccc(C2CCC(CN(C(=O)C3CCC(OC(=O)N4CCN(C)CC4)CC3)c3cc(-c4coc(C5CC5)n4)ccn3)CC2)cc1C. The monoisotopic (exact) mass is 669 g/mol. The standard InChI is InChI=1S/C39H51N5O5/c1-26-22-31(12-15-35(26)47-3)28-6-4-27(5-7-28)24-44(36-23-32(16-17-40-36)34-25-48-37(41-34)29-8-9-29)38(45)30-10-13-33(14-11-30)49-39(46)43-20-18-42(2)19-21-43/h12,15-17,22-23,25,27-30,33H,4-11,13-14,18-21,24H2,1-3H3. The predicted molar refractivity (Wildman–Crippen MR) is 188 cm³/mol. The largest absolute Gasteiger partial charge is 0.496 e. The van der Waals surface area contributed by atoms with Crippen LogP contribution in [0.25, 0.3) is 11.3 Å². The Bertz CT molecular complexity index is 1600. The zero-order valence-corrected chi connectivity index (χ0v) is 29.3. The molecule has 1 aromatic carbocycles. The summed E-state index contributed by atoms with van der Waals surface area (Å²) in [4.78, 5) is 42.8. The molecule has 0 unspecified atom stereocenters. The van der Waals surface area contributed by atoms with E-state index in [1.54, 1.807) is 19.6 Å². The predicted octanol–water partition coefficient (Wildman–Crippen LogP) is 7.18. The van der Waals surface area contributed by atoms with Crippen molar-refractivity contribution in [3.63, 3.8) is 0 Å². The van der Waals surface area contributed by atoms with E-state index in [0.717, 1.165) is 74.5 Å². The third-order valence-corrected chi connectivity index (χ3v) is 11.3. The van der Waals surface area contributed by atoms with Gasteiger partial charge in [0, 0.05) is 56.3 Å². The number of methoxy groups -OCH3 is 1. The number of carbonyl (C=O) groups excluding carboxylic acids is 2. The third kappa shape index (κ3) is 7.95. The van der Waals surface area contributed by atoms with Gasteiger partial charge >= 0.3 is 6.09 Å². The van der Waals surface area contributed by atoms with Crippen molar-refractivity contribution in [3.05, 3.63) is 59.8 Å². The molecule has 4 aliphatic rings. The van der Waals surface area contributed by atoms with Gasteiger partial charge in [-0.2, -0.15) is 0 Å². The number of oxazole rings is 1.